The lowest BCUT2D eigenvalue weighted by Gasteiger charge is -2.10. The highest BCUT2D eigenvalue weighted by molar-refractivity contribution is 7.88. The van der Waals surface area contributed by atoms with Crippen LogP contribution in [0.15, 0.2) is 112 Å². The van der Waals surface area contributed by atoms with Crippen LogP contribution in [-0.4, -0.2) is 44.8 Å². The predicted octanol–water partition coefficient (Wildman–Crippen LogP) is 9.83. The molecule has 7 heterocycles. The summed E-state index contributed by atoms with van der Waals surface area (Å²) in [5, 5.41) is 10.9. The van der Waals surface area contributed by atoms with E-state index in [2.05, 4.69) is 34.0 Å². The SMILES string of the molecule is CCCC[S@@](=O)c1sc2nc(-c3cncc(CCCCS(=O)c4sc5nc(-c6cccnc6)cc(-c6ccc(C#N)cc6)c5c4N)c3)cc(-c3cccnc3)c2c1N. The van der Waals surface area contributed by atoms with Gasteiger partial charge in [-0.25, -0.2) is 9.97 Å². The largest absolute Gasteiger partial charge is 0.396 e. The van der Waals surface area contributed by atoms with Crippen molar-refractivity contribution in [3.63, 3.8) is 0 Å². The molecule has 4 N–H and O–H groups in total. The van der Waals surface area contributed by atoms with E-state index in [1.807, 2.05) is 54.7 Å². The molecule has 14 heteroatoms. The van der Waals surface area contributed by atoms with Crippen LogP contribution in [0, 0.1) is 11.3 Å². The van der Waals surface area contributed by atoms with Crippen LogP contribution < -0.4 is 11.5 Å². The molecule has 2 atom stereocenters. The van der Waals surface area contributed by atoms with Crippen molar-refractivity contribution >= 4 is 76.1 Å². The number of unbranched alkanes of at least 4 members (excludes halogenated alkanes) is 2. The predicted molar refractivity (Wildman–Crippen MR) is 238 cm³/mol. The third-order valence-electron chi connectivity index (χ3n) is 9.82. The molecule has 1 aromatic carbocycles. The average molecular weight is 839 g/mol. The lowest BCUT2D eigenvalue weighted by atomic mass is 9.99. The van der Waals surface area contributed by atoms with Crippen molar-refractivity contribution in [1.29, 1.82) is 5.26 Å². The van der Waals surface area contributed by atoms with E-state index in [4.69, 9.17) is 21.4 Å². The number of hydrogen-bond acceptors (Lipinski definition) is 12. The Kier molecular flexibility index (Phi) is 11.7. The molecule has 0 fully saturated rings. The summed E-state index contributed by atoms with van der Waals surface area (Å²) >= 11 is 2.76. The summed E-state index contributed by atoms with van der Waals surface area (Å²) in [6.45, 7) is 2.08. The molecule has 8 aromatic rings. The van der Waals surface area contributed by atoms with Crippen LogP contribution in [-0.2, 0) is 28.0 Å². The van der Waals surface area contributed by atoms with E-state index in [9.17, 15) is 13.7 Å². The van der Waals surface area contributed by atoms with Crippen LogP contribution >= 0.6 is 22.7 Å². The maximum atomic E-state index is 13.9. The molecule has 7 aromatic heterocycles. The third kappa shape index (κ3) is 8.03. The Morgan fingerprint density at radius 3 is 1.81 bits per heavy atom. The molecule has 290 valence electrons. The molecule has 0 aliphatic rings. The van der Waals surface area contributed by atoms with Crippen molar-refractivity contribution in [2.45, 2.75) is 47.4 Å². The minimum Gasteiger partial charge on any atom is -0.396 e. The van der Waals surface area contributed by atoms with Crippen molar-refractivity contribution < 1.29 is 8.42 Å². The van der Waals surface area contributed by atoms with Crippen molar-refractivity contribution in [2.24, 2.45) is 0 Å². The summed E-state index contributed by atoms with van der Waals surface area (Å²) in [7, 11) is -2.55. The Morgan fingerprint density at radius 2 is 1.22 bits per heavy atom. The monoisotopic (exact) mass is 838 g/mol. The van der Waals surface area contributed by atoms with Crippen LogP contribution in [0.5, 0.6) is 0 Å². The number of fused-ring (bicyclic) bond motifs is 2. The molecule has 10 nitrogen and oxygen atoms in total. The Labute approximate surface area is 349 Å². The van der Waals surface area contributed by atoms with Crippen molar-refractivity contribution in [3.05, 3.63) is 115 Å². The standard InChI is InChI=1S/C44H38N8O2S4/c1-2-3-17-57(53)43-40(47)38-34(30-9-6-15-48-24-30)21-36(52-42(38)56-43)32-19-28(23-50-26-32)8-4-5-18-58(54)44-39(46)37-33(29-13-11-27(22-45)12-14-29)20-35(51-41(37)55-44)31-10-7-16-49-25-31/h6-7,9-16,19-21,23-26H,2-5,8,17-18,46-47H2,1H3/t57-,58?/m1/s1. The zero-order chi connectivity index (χ0) is 40.2. The van der Waals surface area contributed by atoms with Crippen LogP contribution in [0.25, 0.3) is 65.2 Å². The second-order valence-corrected chi connectivity index (χ2v) is 19.3. The first-order chi connectivity index (χ1) is 28.3. The van der Waals surface area contributed by atoms with Crippen LogP contribution in [0.2, 0.25) is 0 Å². The fourth-order valence-corrected chi connectivity index (χ4v) is 12.3. The number of pyridine rings is 5. The van der Waals surface area contributed by atoms with E-state index < -0.39 is 21.6 Å². The minimum atomic E-state index is -1.34. The van der Waals surface area contributed by atoms with Crippen LogP contribution in [0.3, 0.4) is 0 Å². The summed E-state index contributed by atoms with van der Waals surface area (Å²) in [5.74, 6) is 1.01. The first-order valence-electron chi connectivity index (χ1n) is 18.8. The minimum absolute atomic E-state index is 0.445. The van der Waals surface area contributed by atoms with E-state index >= 15 is 0 Å². The van der Waals surface area contributed by atoms with Gasteiger partial charge in [-0.1, -0.05) is 31.5 Å². The van der Waals surface area contributed by atoms with E-state index in [0.29, 0.717) is 48.1 Å². The molecule has 8 rings (SSSR count). The van der Waals surface area contributed by atoms with Gasteiger partial charge in [-0.15, -0.1) is 22.7 Å². The van der Waals surface area contributed by atoms with Crippen molar-refractivity contribution in [3.8, 4) is 50.8 Å². The summed E-state index contributed by atoms with van der Waals surface area (Å²) in [6, 6.07) is 23.3. The van der Waals surface area contributed by atoms with E-state index in [-0.39, 0.29) is 0 Å². The number of benzene rings is 1. The van der Waals surface area contributed by atoms with Gasteiger partial charge < -0.3 is 11.5 Å². The van der Waals surface area contributed by atoms with Gasteiger partial charge in [0, 0.05) is 76.1 Å². The number of aromatic nitrogens is 5. The smallest absolute Gasteiger partial charge is 0.127 e. The van der Waals surface area contributed by atoms with Gasteiger partial charge in [0.15, 0.2) is 0 Å². The summed E-state index contributed by atoms with van der Waals surface area (Å²) < 4.78 is 28.4. The highest BCUT2D eigenvalue weighted by Gasteiger charge is 2.23. The second-order valence-electron chi connectivity index (χ2n) is 13.7. The zero-order valence-corrected chi connectivity index (χ0v) is 34.8. The number of nitrogens with zero attached hydrogens (tertiary/aromatic N) is 6. The molecular formula is C44H38N8O2S4. The normalized spacial score (nSPS) is 12.5. The van der Waals surface area contributed by atoms with Crippen LogP contribution in [0.4, 0.5) is 11.4 Å². The molecule has 1 unspecified atom stereocenters. The molecule has 0 saturated carbocycles. The highest BCUT2D eigenvalue weighted by atomic mass is 32.2. The molecule has 0 amide bonds. The van der Waals surface area contributed by atoms with Gasteiger partial charge >= 0.3 is 0 Å². The Bertz CT molecular complexity index is 2850. The molecule has 0 spiro atoms. The Morgan fingerprint density at radius 1 is 0.655 bits per heavy atom. The summed E-state index contributed by atoms with van der Waals surface area (Å²) in [4.78, 5) is 24.6. The number of nitrogens with two attached hydrogens (primary N) is 2. The molecule has 0 aliphatic heterocycles. The fraction of sp³-hybridized carbons (Fsp3) is 0.182. The van der Waals surface area contributed by atoms with Gasteiger partial charge in [0.1, 0.15) is 18.1 Å². The number of hydrogen-bond donors (Lipinski definition) is 2. The van der Waals surface area contributed by atoms with E-state index in [1.54, 1.807) is 43.1 Å². The van der Waals surface area contributed by atoms with Gasteiger partial charge in [-0.05, 0) is 96.5 Å². The van der Waals surface area contributed by atoms with Gasteiger partial charge in [-0.3, -0.25) is 23.4 Å². The van der Waals surface area contributed by atoms with Gasteiger partial charge in [0.05, 0.1) is 56.0 Å². The molecular weight excluding hydrogens is 801 g/mol. The molecule has 0 radical (unpaired) electrons. The van der Waals surface area contributed by atoms with E-state index in [0.717, 1.165) is 91.6 Å². The average Bonchev–Trinajstić information content (AvgIpc) is 3.80. The van der Waals surface area contributed by atoms with Crippen molar-refractivity contribution in [2.75, 3.05) is 23.0 Å². The van der Waals surface area contributed by atoms with Gasteiger partial charge in [0.2, 0.25) is 0 Å². The number of nitriles is 1. The van der Waals surface area contributed by atoms with Gasteiger partial charge in [-0.2, -0.15) is 5.26 Å². The maximum absolute atomic E-state index is 13.9. The number of aryl methyl sites for hydroxylation is 1. The maximum Gasteiger partial charge on any atom is 0.127 e. The van der Waals surface area contributed by atoms with E-state index in [1.165, 1.54) is 22.7 Å². The first-order valence-corrected chi connectivity index (χ1v) is 23.1. The number of nitrogen functional groups attached to an aromatic ring is 2. The quantitative estimate of drug-likeness (QED) is 0.100. The highest BCUT2D eigenvalue weighted by Crippen LogP contribution is 2.44. The second kappa shape index (κ2) is 17.4. The first kappa shape index (κ1) is 39.1. The zero-order valence-electron chi connectivity index (χ0n) is 31.6. The molecule has 0 aliphatic carbocycles. The Balaban J connectivity index is 1.02. The molecule has 0 saturated heterocycles. The molecule has 0 bridgehead atoms. The number of thiophene rings is 2. The van der Waals surface area contributed by atoms with Crippen molar-refractivity contribution in [1.82, 2.24) is 24.9 Å². The molecule has 58 heavy (non-hydrogen) atoms. The van der Waals surface area contributed by atoms with Gasteiger partial charge in [0.25, 0.3) is 0 Å². The fourth-order valence-electron chi connectivity index (χ4n) is 6.84. The summed E-state index contributed by atoms with van der Waals surface area (Å²) in [6.07, 6.45) is 14.7. The Hall–Kier alpha value is -5.72. The summed E-state index contributed by atoms with van der Waals surface area (Å²) in [5.41, 5.74) is 22.8. The lowest BCUT2D eigenvalue weighted by molar-refractivity contribution is 0.678. The lowest BCUT2D eigenvalue weighted by Crippen LogP contribution is -2.00. The third-order valence-corrected chi connectivity index (χ3v) is 15.8. The topological polar surface area (TPSA) is 174 Å². The number of anilines is 2. The number of rotatable bonds is 14. The van der Waals surface area contributed by atoms with Crippen LogP contribution in [0.1, 0.15) is 43.7 Å².